The third-order valence-electron chi connectivity index (χ3n) is 3.11. The van der Waals surface area contributed by atoms with Crippen molar-refractivity contribution in [2.24, 2.45) is 10.7 Å². The highest BCUT2D eigenvalue weighted by Crippen LogP contribution is 2.42. The molecule has 0 saturated carbocycles. The molecule has 1 aromatic carbocycles. The van der Waals surface area contributed by atoms with Crippen molar-refractivity contribution < 1.29 is 4.74 Å². The van der Waals surface area contributed by atoms with Gasteiger partial charge in [-0.05, 0) is 24.0 Å². The van der Waals surface area contributed by atoms with Crippen LogP contribution < -0.4 is 5.73 Å². The summed E-state index contributed by atoms with van der Waals surface area (Å²) in [7, 11) is 0. The van der Waals surface area contributed by atoms with Crippen LogP contribution in [0.2, 0.25) is 0 Å². The van der Waals surface area contributed by atoms with E-state index < -0.39 is 0 Å². The lowest BCUT2D eigenvalue weighted by Gasteiger charge is -2.17. The summed E-state index contributed by atoms with van der Waals surface area (Å²) in [6.45, 7) is 0.607. The highest BCUT2D eigenvalue weighted by Gasteiger charge is 2.42. The predicted octanol–water partition coefficient (Wildman–Crippen LogP) is 1.17. The molecule has 3 rings (SSSR count). The van der Waals surface area contributed by atoms with Gasteiger partial charge in [-0.1, -0.05) is 24.3 Å². The van der Waals surface area contributed by atoms with Crippen LogP contribution in [0.25, 0.3) is 0 Å². The van der Waals surface area contributed by atoms with Gasteiger partial charge in [0, 0.05) is 0 Å². The van der Waals surface area contributed by atoms with E-state index in [4.69, 9.17) is 10.5 Å². The van der Waals surface area contributed by atoms with Crippen LogP contribution in [0.5, 0.6) is 0 Å². The van der Waals surface area contributed by atoms with Crippen LogP contribution in [0.15, 0.2) is 29.3 Å². The molecule has 0 aromatic heterocycles. The fraction of sp³-hybridized carbons (Fsp3) is 0.364. The number of ether oxygens (including phenoxy) is 1. The van der Waals surface area contributed by atoms with Gasteiger partial charge in [-0.3, -0.25) is 0 Å². The minimum Gasteiger partial charge on any atom is -0.462 e. The normalized spacial score (nSPS) is 28.7. The molecule has 1 aromatic rings. The molecule has 0 bridgehead atoms. The van der Waals surface area contributed by atoms with Crippen molar-refractivity contribution in [1.29, 1.82) is 0 Å². The molecule has 1 heterocycles. The van der Waals surface area contributed by atoms with Crippen LogP contribution in [0.1, 0.15) is 17.5 Å². The summed E-state index contributed by atoms with van der Waals surface area (Å²) in [4.78, 5) is 4.43. The lowest BCUT2D eigenvalue weighted by molar-refractivity contribution is 0.253. The van der Waals surface area contributed by atoms with E-state index in [0.717, 1.165) is 12.8 Å². The van der Waals surface area contributed by atoms with Gasteiger partial charge in [0.1, 0.15) is 12.1 Å². The number of amidine groups is 1. The van der Waals surface area contributed by atoms with Crippen molar-refractivity contribution in [3.8, 4) is 0 Å². The van der Waals surface area contributed by atoms with Gasteiger partial charge in [-0.25, -0.2) is 4.99 Å². The van der Waals surface area contributed by atoms with Crippen molar-refractivity contribution >= 4 is 6.02 Å². The van der Waals surface area contributed by atoms with Gasteiger partial charge in [-0.15, -0.1) is 0 Å². The number of aryl methyl sites for hydroxylation is 1. The Hall–Kier alpha value is -1.51. The van der Waals surface area contributed by atoms with E-state index in [1.54, 1.807) is 0 Å². The molecule has 1 atom stereocenters. The number of fused-ring (bicyclic) bond motifs is 2. The van der Waals surface area contributed by atoms with Crippen molar-refractivity contribution in [2.75, 3.05) is 6.61 Å². The zero-order chi connectivity index (χ0) is 9.60. The van der Waals surface area contributed by atoms with Gasteiger partial charge in [-0.2, -0.15) is 0 Å². The van der Waals surface area contributed by atoms with E-state index in [1.165, 1.54) is 11.1 Å². The Morgan fingerprint density at radius 1 is 1.36 bits per heavy atom. The maximum absolute atomic E-state index is 5.57. The molecule has 3 heteroatoms. The molecule has 72 valence electrons. The van der Waals surface area contributed by atoms with E-state index in [9.17, 15) is 0 Å². The molecule has 1 unspecified atom stereocenters. The first-order chi connectivity index (χ1) is 6.80. The molecule has 0 amide bonds. The van der Waals surface area contributed by atoms with Gasteiger partial charge in [0.2, 0.25) is 0 Å². The maximum Gasteiger partial charge on any atom is 0.283 e. The molecule has 3 nitrogen and oxygen atoms in total. The topological polar surface area (TPSA) is 47.6 Å². The van der Waals surface area contributed by atoms with Crippen molar-refractivity contribution in [1.82, 2.24) is 0 Å². The number of hydrogen-bond acceptors (Lipinski definition) is 3. The van der Waals surface area contributed by atoms with E-state index in [-0.39, 0.29) is 5.54 Å². The van der Waals surface area contributed by atoms with Crippen molar-refractivity contribution in [2.45, 2.75) is 18.4 Å². The minimum atomic E-state index is -0.166. The first-order valence-corrected chi connectivity index (χ1v) is 4.87. The second-order valence-corrected chi connectivity index (χ2v) is 3.93. The average molecular weight is 188 g/mol. The monoisotopic (exact) mass is 188 g/mol. The summed E-state index contributed by atoms with van der Waals surface area (Å²) in [6.07, 6.45) is 2.10. The Balaban J connectivity index is 2.14. The number of nitrogens with zero attached hydrogens (tertiary/aromatic N) is 1. The number of benzene rings is 1. The summed E-state index contributed by atoms with van der Waals surface area (Å²) >= 11 is 0. The van der Waals surface area contributed by atoms with Crippen LogP contribution in [-0.4, -0.2) is 12.6 Å². The molecule has 0 radical (unpaired) electrons. The molecular weight excluding hydrogens is 176 g/mol. The number of nitrogens with two attached hydrogens (primary N) is 1. The molecule has 0 fully saturated rings. The van der Waals surface area contributed by atoms with Gasteiger partial charge >= 0.3 is 0 Å². The highest BCUT2D eigenvalue weighted by molar-refractivity contribution is 5.74. The zero-order valence-electron chi connectivity index (χ0n) is 7.86. The molecular formula is C11H12N2O. The van der Waals surface area contributed by atoms with E-state index in [2.05, 4.69) is 29.3 Å². The standard InChI is InChI=1S/C11H12N2O/c12-10-13-11(7-14-10)6-5-8-3-1-2-4-9(8)11/h1-4H,5-7H2,(H2,12,13). The molecule has 14 heavy (non-hydrogen) atoms. The highest BCUT2D eigenvalue weighted by atomic mass is 16.5. The van der Waals surface area contributed by atoms with Crippen LogP contribution in [0.3, 0.4) is 0 Å². The van der Waals surface area contributed by atoms with Gasteiger partial charge in [0.15, 0.2) is 0 Å². The molecule has 2 N–H and O–H groups in total. The minimum absolute atomic E-state index is 0.166. The molecule has 1 aliphatic carbocycles. The summed E-state index contributed by atoms with van der Waals surface area (Å²) in [5, 5.41) is 0. The Labute approximate surface area is 82.6 Å². The van der Waals surface area contributed by atoms with Crippen molar-refractivity contribution in [3.63, 3.8) is 0 Å². The Kier molecular flexibility index (Phi) is 1.40. The predicted molar refractivity (Wildman–Crippen MR) is 54.0 cm³/mol. The second kappa shape index (κ2) is 2.50. The smallest absolute Gasteiger partial charge is 0.283 e. The Morgan fingerprint density at radius 2 is 2.21 bits per heavy atom. The summed E-state index contributed by atoms with van der Waals surface area (Å²) in [5.74, 6) is 0. The second-order valence-electron chi connectivity index (χ2n) is 3.93. The van der Waals surface area contributed by atoms with Crippen LogP contribution in [-0.2, 0) is 16.7 Å². The SMILES string of the molecule is NC1=NC2(CCc3ccccc32)CO1. The zero-order valence-corrected chi connectivity index (χ0v) is 7.86. The van der Waals surface area contributed by atoms with E-state index in [1.807, 2.05) is 0 Å². The molecule has 0 saturated heterocycles. The Bertz CT molecular complexity index is 414. The molecule has 1 aliphatic heterocycles. The quantitative estimate of drug-likeness (QED) is 0.664. The van der Waals surface area contributed by atoms with E-state index >= 15 is 0 Å². The molecule has 1 spiro atoms. The van der Waals surface area contributed by atoms with Gasteiger partial charge < -0.3 is 10.5 Å². The van der Waals surface area contributed by atoms with Crippen LogP contribution in [0.4, 0.5) is 0 Å². The van der Waals surface area contributed by atoms with Crippen molar-refractivity contribution in [3.05, 3.63) is 35.4 Å². The third-order valence-corrected chi connectivity index (χ3v) is 3.11. The first-order valence-electron chi connectivity index (χ1n) is 4.87. The van der Waals surface area contributed by atoms with E-state index in [0.29, 0.717) is 12.6 Å². The summed E-state index contributed by atoms with van der Waals surface area (Å²) in [6, 6.07) is 8.75. The lowest BCUT2D eigenvalue weighted by Crippen LogP contribution is -2.21. The fourth-order valence-corrected chi connectivity index (χ4v) is 2.40. The maximum atomic E-state index is 5.57. The van der Waals surface area contributed by atoms with Gasteiger partial charge in [0.25, 0.3) is 6.02 Å². The lowest BCUT2D eigenvalue weighted by atomic mass is 9.94. The average Bonchev–Trinajstić information content (AvgIpc) is 2.75. The first kappa shape index (κ1) is 7.85. The number of rotatable bonds is 0. The van der Waals surface area contributed by atoms with Gasteiger partial charge in [0.05, 0.1) is 0 Å². The molecule has 2 aliphatic rings. The fourth-order valence-electron chi connectivity index (χ4n) is 2.40. The van der Waals surface area contributed by atoms with Crippen LogP contribution in [0, 0.1) is 0 Å². The summed E-state index contributed by atoms with van der Waals surface area (Å²) < 4.78 is 5.28. The van der Waals surface area contributed by atoms with Crippen LogP contribution >= 0.6 is 0 Å². The number of aliphatic imine (C=N–C) groups is 1. The summed E-state index contributed by atoms with van der Waals surface area (Å²) in [5.41, 5.74) is 8.08. The number of hydrogen-bond donors (Lipinski definition) is 1. The Morgan fingerprint density at radius 3 is 3.00 bits per heavy atom. The largest absolute Gasteiger partial charge is 0.462 e. The third kappa shape index (κ3) is 0.895.